The number of carbonyl (C=O) groups excluding carboxylic acids is 1. The molecule has 1 aliphatic rings. The van der Waals surface area contributed by atoms with Gasteiger partial charge in [0.05, 0.1) is 6.04 Å². The average Bonchev–Trinajstić information content (AvgIpc) is 2.27. The van der Waals surface area contributed by atoms with Crippen molar-refractivity contribution < 1.29 is 4.79 Å². The van der Waals surface area contributed by atoms with Gasteiger partial charge in [0.2, 0.25) is 5.91 Å². The molecule has 0 bridgehead atoms. The highest BCUT2D eigenvalue weighted by molar-refractivity contribution is 5.81. The molecule has 1 amide bonds. The third-order valence-corrected chi connectivity index (χ3v) is 2.31. The van der Waals surface area contributed by atoms with E-state index in [1.54, 1.807) is 0 Å². The summed E-state index contributed by atoms with van der Waals surface area (Å²) in [7, 11) is 0. The summed E-state index contributed by atoms with van der Waals surface area (Å²) in [4.78, 5) is 11.5. The summed E-state index contributed by atoms with van der Waals surface area (Å²) >= 11 is 0. The van der Waals surface area contributed by atoms with Gasteiger partial charge >= 0.3 is 0 Å². The van der Waals surface area contributed by atoms with Crippen LogP contribution in [-0.2, 0) is 4.79 Å². The zero-order valence-electron chi connectivity index (χ0n) is 8.60. The summed E-state index contributed by atoms with van der Waals surface area (Å²) in [6.45, 7) is 6.08. The van der Waals surface area contributed by atoms with E-state index in [1.807, 2.05) is 0 Å². The van der Waals surface area contributed by atoms with Crippen LogP contribution in [0.25, 0.3) is 0 Å². The van der Waals surface area contributed by atoms with Gasteiger partial charge in [0.15, 0.2) is 0 Å². The van der Waals surface area contributed by atoms with Crippen molar-refractivity contribution in [3.8, 4) is 0 Å². The summed E-state index contributed by atoms with van der Waals surface area (Å²) in [5.41, 5.74) is 0. The Labute approximate surface area is 80.3 Å². The molecular formula is C10H20N2O. The van der Waals surface area contributed by atoms with E-state index in [4.69, 9.17) is 0 Å². The van der Waals surface area contributed by atoms with E-state index >= 15 is 0 Å². The van der Waals surface area contributed by atoms with Crippen LogP contribution in [-0.4, -0.2) is 25.0 Å². The molecule has 0 aliphatic carbocycles. The Morgan fingerprint density at radius 2 is 2.31 bits per heavy atom. The van der Waals surface area contributed by atoms with Crippen molar-refractivity contribution in [1.29, 1.82) is 0 Å². The van der Waals surface area contributed by atoms with Crippen LogP contribution in [0.15, 0.2) is 0 Å². The van der Waals surface area contributed by atoms with E-state index in [-0.39, 0.29) is 11.9 Å². The van der Waals surface area contributed by atoms with Gasteiger partial charge in [0, 0.05) is 6.54 Å². The summed E-state index contributed by atoms with van der Waals surface area (Å²) in [6.07, 6.45) is 3.25. The lowest BCUT2D eigenvalue weighted by Gasteiger charge is -2.16. The minimum atomic E-state index is 0.0462. The Morgan fingerprint density at radius 3 is 3.00 bits per heavy atom. The van der Waals surface area contributed by atoms with Crippen molar-refractivity contribution in [2.75, 3.05) is 13.1 Å². The highest BCUT2D eigenvalue weighted by atomic mass is 16.2. The molecule has 0 saturated carbocycles. The molecule has 3 nitrogen and oxygen atoms in total. The molecule has 0 radical (unpaired) electrons. The molecule has 1 fully saturated rings. The Bertz CT molecular complexity index is 168. The maximum Gasteiger partial charge on any atom is 0.237 e. The maximum atomic E-state index is 11.5. The van der Waals surface area contributed by atoms with Crippen LogP contribution in [0.4, 0.5) is 0 Å². The van der Waals surface area contributed by atoms with Crippen LogP contribution in [0.1, 0.15) is 33.1 Å². The van der Waals surface area contributed by atoms with Crippen LogP contribution >= 0.6 is 0 Å². The number of hydrogen-bond donors (Lipinski definition) is 2. The third kappa shape index (κ3) is 3.77. The van der Waals surface area contributed by atoms with Crippen molar-refractivity contribution in [3.63, 3.8) is 0 Å². The summed E-state index contributed by atoms with van der Waals surface area (Å²) in [5, 5.41) is 6.22. The number of nitrogens with one attached hydrogen (secondary N) is 2. The van der Waals surface area contributed by atoms with Crippen LogP contribution in [0.5, 0.6) is 0 Å². The molecule has 0 aromatic heterocycles. The van der Waals surface area contributed by atoms with Gasteiger partial charge in [0.1, 0.15) is 0 Å². The van der Waals surface area contributed by atoms with E-state index in [1.165, 1.54) is 0 Å². The zero-order valence-corrected chi connectivity index (χ0v) is 8.60. The van der Waals surface area contributed by atoms with E-state index in [0.717, 1.165) is 32.4 Å². The molecule has 1 rings (SSSR count). The molecule has 13 heavy (non-hydrogen) atoms. The molecule has 1 saturated heterocycles. The lowest BCUT2D eigenvalue weighted by molar-refractivity contribution is -0.122. The number of rotatable bonds is 3. The Hall–Kier alpha value is -0.570. The molecular weight excluding hydrogens is 164 g/mol. The average molecular weight is 184 g/mol. The molecule has 0 unspecified atom stereocenters. The summed E-state index contributed by atoms with van der Waals surface area (Å²) in [6, 6.07) is 0.0462. The zero-order chi connectivity index (χ0) is 9.68. The fourth-order valence-corrected chi connectivity index (χ4v) is 1.51. The first-order valence-electron chi connectivity index (χ1n) is 5.21. The van der Waals surface area contributed by atoms with E-state index in [2.05, 4.69) is 24.5 Å². The molecule has 3 heteroatoms. The fourth-order valence-electron chi connectivity index (χ4n) is 1.51. The maximum absolute atomic E-state index is 11.5. The quantitative estimate of drug-likeness (QED) is 0.684. The summed E-state index contributed by atoms with van der Waals surface area (Å²) < 4.78 is 0. The highest BCUT2D eigenvalue weighted by Crippen LogP contribution is 2.05. The van der Waals surface area contributed by atoms with Gasteiger partial charge in [-0.25, -0.2) is 0 Å². The monoisotopic (exact) mass is 184 g/mol. The smallest absolute Gasteiger partial charge is 0.237 e. The molecule has 0 aromatic rings. The van der Waals surface area contributed by atoms with Crippen LogP contribution in [0.3, 0.4) is 0 Å². The molecule has 2 N–H and O–H groups in total. The standard InChI is InChI=1S/C10H20N2O/c1-8(2)7-12-9-5-3-4-6-11-10(9)13/h8-9,12H,3-7H2,1-2H3,(H,11,13)/t9-/m1/s1. The van der Waals surface area contributed by atoms with Crippen molar-refractivity contribution in [1.82, 2.24) is 10.6 Å². The molecule has 1 aliphatic heterocycles. The molecule has 0 aromatic carbocycles. The molecule has 76 valence electrons. The first-order valence-corrected chi connectivity index (χ1v) is 5.21. The first kappa shape index (κ1) is 10.5. The van der Waals surface area contributed by atoms with E-state index in [9.17, 15) is 4.79 Å². The lowest BCUT2D eigenvalue weighted by atomic mass is 10.1. The highest BCUT2D eigenvalue weighted by Gasteiger charge is 2.19. The van der Waals surface area contributed by atoms with Crippen molar-refractivity contribution in [3.05, 3.63) is 0 Å². The predicted octanol–water partition coefficient (Wildman–Crippen LogP) is 0.901. The van der Waals surface area contributed by atoms with Gasteiger partial charge in [-0.15, -0.1) is 0 Å². The minimum Gasteiger partial charge on any atom is -0.355 e. The van der Waals surface area contributed by atoms with Crippen LogP contribution < -0.4 is 10.6 Å². The molecule has 1 atom stereocenters. The SMILES string of the molecule is CC(C)CN[C@@H]1CCCCNC1=O. The number of amides is 1. The second-order valence-corrected chi connectivity index (χ2v) is 4.14. The minimum absolute atomic E-state index is 0.0462. The van der Waals surface area contributed by atoms with Gasteiger partial charge in [-0.1, -0.05) is 13.8 Å². The normalized spacial score (nSPS) is 24.2. The van der Waals surface area contributed by atoms with Gasteiger partial charge in [0.25, 0.3) is 0 Å². The second kappa shape index (κ2) is 5.22. The van der Waals surface area contributed by atoms with E-state index in [0.29, 0.717) is 5.92 Å². The first-order chi connectivity index (χ1) is 6.20. The van der Waals surface area contributed by atoms with Crippen molar-refractivity contribution in [2.45, 2.75) is 39.2 Å². The fraction of sp³-hybridized carbons (Fsp3) is 0.900. The largest absolute Gasteiger partial charge is 0.355 e. The van der Waals surface area contributed by atoms with Gasteiger partial charge in [-0.05, 0) is 31.7 Å². The Morgan fingerprint density at radius 1 is 1.54 bits per heavy atom. The topological polar surface area (TPSA) is 41.1 Å². The molecule has 1 heterocycles. The Kier molecular flexibility index (Phi) is 4.22. The van der Waals surface area contributed by atoms with Crippen molar-refractivity contribution >= 4 is 5.91 Å². The van der Waals surface area contributed by atoms with Crippen LogP contribution in [0.2, 0.25) is 0 Å². The van der Waals surface area contributed by atoms with Crippen molar-refractivity contribution in [2.24, 2.45) is 5.92 Å². The summed E-state index contributed by atoms with van der Waals surface area (Å²) in [5.74, 6) is 0.786. The van der Waals surface area contributed by atoms with Gasteiger partial charge in [-0.3, -0.25) is 4.79 Å². The second-order valence-electron chi connectivity index (χ2n) is 4.14. The number of carbonyl (C=O) groups is 1. The lowest BCUT2D eigenvalue weighted by Crippen LogP contribution is -2.43. The third-order valence-electron chi connectivity index (χ3n) is 2.31. The Balaban J connectivity index is 2.32. The van der Waals surface area contributed by atoms with Gasteiger partial charge in [-0.2, -0.15) is 0 Å². The van der Waals surface area contributed by atoms with E-state index < -0.39 is 0 Å². The predicted molar refractivity (Wildman–Crippen MR) is 53.5 cm³/mol. The van der Waals surface area contributed by atoms with Gasteiger partial charge < -0.3 is 10.6 Å². The molecule has 0 spiro atoms. The van der Waals surface area contributed by atoms with Crippen LogP contribution in [0, 0.1) is 5.92 Å². The number of hydrogen-bond acceptors (Lipinski definition) is 2.